The van der Waals surface area contributed by atoms with Gasteiger partial charge in [0.1, 0.15) is 11.8 Å². The van der Waals surface area contributed by atoms with Gasteiger partial charge in [0.2, 0.25) is 0 Å². The third-order valence-corrected chi connectivity index (χ3v) is 2.83. The lowest BCUT2D eigenvalue weighted by Gasteiger charge is -2.18. The second-order valence-electron chi connectivity index (χ2n) is 4.38. The van der Waals surface area contributed by atoms with Crippen molar-refractivity contribution in [2.75, 3.05) is 12.4 Å². The number of nitrogens with one attached hydrogen (secondary N) is 1. The lowest BCUT2D eigenvalue weighted by atomic mass is 10.1. The molecule has 0 fully saturated rings. The van der Waals surface area contributed by atoms with Crippen molar-refractivity contribution in [3.63, 3.8) is 0 Å². The lowest BCUT2D eigenvalue weighted by molar-refractivity contribution is -0.138. The minimum atomic E-state index is -0.827. The number of benzene rings is 1. The number of unbranched alkanes of at least 4 members (excludes halogenated alkanes) is 1. The molecule has 4 heteroatoms. The normalized spacial score (nSPS) is 11.9. The summed E-state index contributed by atoms with van der Waals surface area (Å²) in [4.78, 5) is 11.2. The first kappa shape index (κ1) is 14.4. The number of carbonyl (C=O) groups is 1. The van der Waals surface area contributed by atoms with Crippen LogP contribution in [0.3, 0.4) is 0 Å². The Kier molecular flexibility index (Phi) is 5.49. The van der Waals surface area contributed by atoms with Gasteiger partial charge in [0.15, 0.2) is 0 Å². The van der Waals surface area contributed by atoms with Crippen LogP contribution in [0.1, 0.15) is 31.7 Å². The number of carboxylic acid groups (broad SMARTS) is 1. The van der Waals surface area contributed by atoms with Crippen LogP contribution >= 0.6 is 0 Å². The first-order valence-corrected chi connectivity index (χ1v) is 6.22. The van der Waals surface area contributed by atoms with Gasteiger partial charge in [0.25, 0.3) is 0 Å². The SMILES string of the molecule is CCCCC(Nc1cc(C)ccc1OC)C(=O)O. The highest BCUT2D eigenvalue weighted by Crippen LogP contribution is 2.26. The molecular formula is C14H21NO3. The maximum Gasteiger partial charge on any atom is 0.326 e. The molecule has 0 saturated heterocycles. The Hall–Kier alpha value is -1.71. The fraction of sp³-hybridized carbons (Fsp3) is 0.500. The summed E-state index contributed by atoms with van der Waals surface area (Å²) >= 11 is 0. The fourth-order valence-electron chi connectivity index (χ4n) is 1.79. The highest BCUT2D eigenvalue weighted by molar-refractivity contribution is 5.78. The zero-order valence-electron chi connectivity index (χ0n) is 11.2. The Morgan fingerprint density at radius 1 is 1.50 bits per heavy atom. The van der Waals surface area contributed by atoms with E-state index in [0.29, 0.717) is 12.2 Å². The number of rotatable bonds is 7. The summed E-state index contributed by atoms with van der Waals surface area (Å²) in [5.41, 5.74) is 1.80. The molecule has 0 aliphatic carbocycles. The van der Waals surface area contributed by atoms with E-state index in [9.17, 15) is 9.90 Å². The fourth-order valence-corrected chi connectivity index (χ4v) is 1.79. The van der Waals surface area contributed by atoms with Gasteiger partial charge in [0.05, 0.1) is 12.8 Å². The number of hydrogen-bond acceptors (Lipinski definition) is 3. The zero-order valence-corrected chi connectivity index (χ0v) is 11.2. The standard InChI is InChI=1S/C14H21NO3/c1-4-5-6-11(14(16)17)15-12-9-10(2)7-8-13(12)18-3/h7-9,11,15H,4-6H2,1-3H3,(H,16,17). The van der Waals surface area contributed by atoms with Crippen LogP contribution < -0.4 is 10.1 Å². The zero-order chi connectivity index (χ0) is 13.5. The van der Waals surface area contributed by atoms with Crippen molar-refractivity contribution >= 4 is 11.7 Å². The lowest BCUT2D eigenvalue weighted by Crippen LogP contribution is -2.29. The van der Waals surface area contributed by atoms with Crippen molar-refractivity contribution in [2.24, 2.45) is 0 Å². The van der Waals surface area contributed by atoms with Crippen LogP contribution in [0.5, 0.6) is 5.75 Å². The van der Waals surface area contributed by atoms with Crippen LogP contribution in [0, 0.1) is 6.92 Å². The molecule has 18 heavy (non-hydrogen) atoms. The average molecular weight is 251 g/mol. The van der Waals surface area contributed by atoms with E-state index in [1.54, 1.807) is 7.11 Å². The molecule has 100 valence electrons. The Morgan fingerprint density at radius 2 is 2.22 bits per heavy atom. The number of carboxylic acids is 1. The van der Waals surface area contributed by atoms with E-state index in [-0.39, 0.29) is 0 Å². The van der Waals surface area contributed by atoms with E-state index in [0.717, 1.165) is 24.1 Å². The van der Waals surface area contributed by atoms with E-state index in [2.05, 4.69) is 5.32 Å². The topological polar surface area (TPSA) is 58.6 Å². The van der Waals surface area contributed by atoms with Gasteiger partial charge in [-0.25, -0.2) is 4.79 Å². The van der Waals surface area contributed by atoms with Gasteiger partial charge >= 0.3 is 5.97 Å². The molecule has 0 aromatic heterocycles. The molecule has 0 heterocycles. The van der Waals surface area contributed by atoms with Gasteiger partial charge in [-0.1, -0.05) is 25.8 Å². The molecule has 0 spiro atoms. The maximum absolute atomic E-state index is 11.2. The Bertz CT molecular complexity index is 404. The molecule has 0 saturated carbocycles. The summed E-state index contributed by atoms with van der Waals surface area (Å²) in [6, 6.07) is 5.11. The van der Waals surface area contributed by atoms with Gasteiger partial charge in [-0.2, -0.15) is 0 Å². The van der Waals surface area contributed by atoms with Crippen molar-refractivity contribution < 1.29 is 14.6 Å². The van der Waals surface area contributed by atoms with E-state index < -0.39 is 12.0 Å². The molecule has 0 aliphatic rings. The minimum absolute atomic E-state index is 0.569. The van der Waals surface area contributed by atoms with E-state index in [1.165, 1.54) is 0 Å². The van der Waals surface area contributed by atoms with Crippen molar-refractivity contribution in [3.8, 4) is 5.75 Å². The number of hydrogen-bond donors (Lipinski definition) is 2. The van der Waals surface area contributed by atoms with Crippen LogP contribution in [0.4, 0.5) is 5.69 Å². The van der Waals surface area contributed by atoms with Crippen LogP contribution in [0.25, 0.3) is 0 Å². The highest BCUT2D eigenvalue weighted by Gasteiger charge is 2.18. The monoisotopic (exact) mass is 251 g/mol. The molecule has 0 bridgehead atoms. The molecule has 1 aromatic rings. The Morgan fingerprint density at radius 3 is 2.78 bits per heavy atom. The number of aliphatic carboxylic acids is 1. The molecule has 1 rings (SSSR count). The van der Waals surface area contributed by atoms with Crippen molar-refractivity contribution in [2.45, 2.75) is 39.2 Å². The molecule has 1 unspecified atom stereocenters. The maximum atomic E-state index is 11.2. The molecule has 0 aliphatic heterocycles. The van der Waals surface area contributed by atoms with E-state index in [1.807, 2.05) is 32.0 Å². The van der Waals surface area contributed by atoms with Gasteiger partial charge in [-0.05, 0) is 31.0 Å². The average Bonchev–Trinajstić information content (AvgIpc) is 2.34. The molecule has 1 atom stereocenters. The van der Waals surface area contributed by atoms with E-state index in [4.69, 9.17) is 4.74 Å². The predicted molar refractivity (Wildman–Crippen MR) is 72.3 cm³/mol. The Balaban J connectivity index is 2.85. The Labute approximate surface area is 108 Å². The van der Waals surface area contributed by atoms with Gasteiger partial charge < -0.3 is 15.2 Å². The smallest absolute Gasteiger partial charge is 0.326 e. The summed E-state index contributed by atoms with van der Waals surface area (Å²) < 4.78 is 5.23. The third kappa shape index (κ3) is 3.95. The number of methoxy groups -OCH3 is 1. The molecule has 2 N–H and O–H groups in total. The number of anilines is 1. The quantitative estimate of drug-likeness (QED) is 0.782. The molecular weight excluding hydrogens is 230 g/mol. The van der Waals surface area contributed by atoms with Crippen LogP contribution in [-0.4, -0.2) is 24.2 Å². The van der Waals surface area contributed by atoms with Crippen molar-refractivity contribution in [1.82, 2.24) is 0 Å². The van der Waals surface area contributed by atoms with Crippen LogP contribution in [0.2, 0.25) is 0 Å². The summed E-state index contributed by atoms with van der Waals surface area (Å²) in [5.74, 6) is -0.157. The van der Waals surface area contributed by atoms with Crippen molar-refractivity contribution in [1.29, 1.82) is 0 Å². The highest BCUT2D eigenvalue weighted by atomic mass is 16.5. The van der Waals surface area contributed by atoms with Crippen LogP contribution in [0.15, 0.2) is 18.2 Å². The first-order valence-electron chi connectivity index (χ1n) is 6.22. The predicted octanol–water partition coefficient (Wildman–Crippen LogP) is 3.06. The van der Waals surface area contributed by atoms with Gasteiger partial charge in [-0.3, -0.25) is 0 Å². The molecule has 0 radical (unpaired) electrons. The number of ether oxygens (including phenoxy) is 1. The summed E-state index contributed by atoms with van der Waals surface area (Å²) in [5, 5.41) is 12.2. The minimum Gasteiger partial charge on any atom is -0.495 e. The molecule has 0 amide bonds. The summed E-state index contributed by atoms with van der Waals surface area (Å²) in [7, 11) is 1.58. The second-order valence-corrected chi connectivity index (χ2v) is 4.38. The summed E-state index contributed by atoms with van der Waals surface area (Å²) in [6.45, 7) is 4.01. The first-order chi connectivity index (χ1) is 8.58. The summed E-state index contributed by atoms with van der Waals surface area (Å²) in [6.07, 6.45) is 2.48. The largest absolute Gasteiger partial charge is 0.495 e. The van der Waals surface area contributed by atoms with Crippen molar-refractivity contribution in [3.05, 3.63) is 23.8 Å². The van der Waals surface area contributed by atoms with Gasteiger partial charge in [0, 0.05) is 0 Å². The number of aryl methyl sites for hydroxylation is 1. The molecule has 1 aromatic carbocycles. The van der Waals surface area contributed by atoms with Crippen LogP contribution in [-0.2, 0) is 4.79 Å². The second kappa shape index (κ2) is 6.89. The molecule has 4 nitrogen and oxygen atoms in total. The van der Waals surface area contributed by atoms with E-state index >= 15 is 0 Å². The third-order valence-electron chi connectivity index (χ3n) is 2.83. The van der Waals surface area contributed by atoms with Gasteiger partial charge in [-0.15, -0.1) is 0 Å².